The summed E-state index contributed by atoms with van der Waals surface area (Å²) in [7, 11) is 0. The lowest BCUT2D eigenvalue weighted by molar-refractivity contribution is -0.122. The number of amides is 1. The summed E-state index contributed by atoms with van der Waals surface area (Å²) in [5.41, 5.74) is 0. The second-order valence-electron chi connectivity index (χ2n) is 5.25. The summed E-state index contributed by atoms with van der Waals surface area (Å²) in [4.78, 5) is 11.6. The molecule has 3 unspecified atom stereocenters. The van der Waals surface area contributed by atoms with Gasteiger partial charge in [-0.05, 0) is 43.4 Å². The molecule has 2 aliphatic carbocycles. The molecule has 0 aliphatic heterocycles. The molecule has 2 saturated carbocycles. The van der Waals surface area contributed by atoms with Gasteiger partial charge in [0.1, 0.15) is 0 Å². The highest BCUT2D eigenvalue weighted by Crippen LogP contribution is 2.49. The molecule has 2 rings (SSSR count). The molecule has 3 atom stereocenters. The van der Waals surface area contributed by atoms with Crippen LogP contribution < -0.4 is 5.32 Å². The van der Waals surface area contributed by atoms with E-state index in [1.165, 1.54) is 25.7 Å². The van der Waals surface area contributed by atoms with Crippen LogP contribution in [0.2, 0.25) is 0 Å². The minimum absolute atomic E-state index is 0.190. The Morgan fingerprint density at radius 3 is 2.88 bits per heavy atom. The highest BCUT2D eigenvalue weighted by atomic mass is 16.1. The molecule has 88 valence electrons. The summed E-state index contributed by atoms with van der Waals surface area (Å²) in [6.45, 7) is 0.660. The third kappa shape index (κ3) is 2.75. The molecule has 2 aliphatic rings. The van der Waals surface area contributed by atoms with Crippen LogP contribution in [0.5, 0.6) is 0 Å². The normalized spacial score (nSPS) is 31.3. The number of nitriles is 1. The van der Waals surface area contributed by atoms with Crippen molar-refractivity contribution in [1.29, 1.82) is 5.26 Å². The van der Waals surface area contributed by atoms with Gasteiger partial charge in [-0.2, -0.15) is 5.26 Å². The molecule has 1 N–H and O–H groups in total. The molecule has 3 nitrogen and oxygen atoms in total. The van der Waals surface area contributed by atoms with Crippen molar-refractivity contribution in [1.82, 2.24) is 5.32 Å². The largest absolute Gasteiger partial charge is 0.356 e. The minimum Gasteiger partial charge on any atom is -0.356 e. The van der Waals surface area contributed by atoms with Crippen LogP contribution >= 0.6 is 0 Å². The smallest absolute Gasteiger partial charge is 0.220 e. The number of rotatable bonds is 5. The maximum atomic E-state index is 11.6. The second-order valence-corrected chi connectivity index (χ2v) is 5.25. The van der Waals surface area contributed by atoms with Gasteiger partial charge in [-0.15, -0.1) is 0 Å². The van der Waals surface area contributed by atoms with E-state index in [1.807, 2.05) is 0 Å². The van der Waals surface area contributed by atoms with E-state index in [2.05, 4.69) is 11.4 Å². The third-order valence-electron chi connectivity index (χ3n) is 4.12. The van der Waals surface area contributed by atoms with Gasteiger partial charge in [-0.3, -0.25) is 4.79 Å². The van der Waals surface area contributed by atoms with Crippen molar-refractivity contribution in [3.63, 3.8) is 0 Å². The minimum atomic E-state index is 0.190. The SMILES string of the molecule is N#CCCCNC(=O)CC1CC2CCC1C2. The van der Waals surface area contributed by atoms with Gasteiger partial charge >= 0.3 is 0 Å². The summed E-state index contributed by atoms with van der Waals surface area (Å²) < 4.78 is 0. The molecule has 0 aromatic heterocycles. The molecule has 1 amide bonds. The molecule has 0 saturated heterocycles. The van der Waals surface area contributed by atoms with Crippen molar-refractivity contribution in [3.8, 4) is 6.07 Å². The Bertz CT molecular complexity index is 295. The first-order valence-corrected chi connectivity index (χ1v) is 6.43. The molecule has 2 fully saturated rings. The number of nitrogens with one attached hydrogen (secondary N) is 1. The first-order chi connectivity index (χ1) is 7.79. The van der Waals surface area contributed by atoms with Gasteiger partial charge in [0.2, 0.25) is 5.91 Å². The van der Waals surface area contributed by atoms with E-state index in [0.29, 0.717) is 25.3 Å². The zero-order chi connectivity index (χ0) is 11.4. The van der Waals surface area contributed by atoms with Gasteiger partial charge in [-0.1, -0.05) is 6.42 Å². The molecular formula is C13H20N2O. The summed E-state index contributed by atoms with van der Waals surface area (Å²) >= 11 is 0. The molecule has 0 aromatic carbocycles. The van der Waals surface area contributed by atoms with Crippen LogP contribution in [0, 0.1) is 29.1 Å². The van der Waals surface area contributed by atoms with Crippen molar-refractivity contribution in [3.05, 3.63) is 0 Å². The van der Waals surface area contributed by atoms with Crippen LogP contribution in [-0.2, 0) is 4.79 Å². The average molecular weight is 220 g/mol. The van der Waals surface area contributed by atoms with Gasteiger partial charge in [0.25, 0.3) is 0 Å². The fourth-order valence-electron chi connectivity index (χ4n) is 3.33. The van der Waals surface area contributed by atoms with Crippen LogP contribution in [0.3, 0.4) is 0 Å². The molecule has 3 heteroatoms. The first-order valence-electron chi connectivity index (χ1n) is 6.43. The molecule has 2 bridgehead atoms. The zero-order valence-electron chi connectivity index (χ0n) is 9.74. The topological polar surface area (TPSA) is 52.9 Å². The molecule has 0 radical (unpaired) electrons. The number of hydrogen-bond acceptors (Lipinski definition) is 2. The summed E-state index contributed by atoms with van der Waals surface area (Å²) in [5, 5.41) is 11.3. The van der Waals surface area contributed by atoms with Crippen molar-refractivity contribution in [2.75, 3.05) is 6.54 Å². The average Bonchev–Trinajstić information content (AvgIpc) is 2.86. The maximum absolute atomic E-state index is 11.6. The lowest BCUT2D eigenvalue weighted by atomic mass is 9.86. The number of unbranched alkanes of at least 4 members (excludes halogenated alkanes) is 1. The molecular weight excluding hydrogens is 200 g/mol. The van der Waals surface area contributed by atoms with Gasteiger partial charge in [0, 0.05) is 19.4 Å². The van der Waals surface area contributed by atoms with Crippen LogP contribution in [0.15, 0.2) is 0 Å². The van der Waals surface area contributed by atoms with Crippen molar-refractivity contribution in [2.45, 2.75) is 44.9 Å². The van der Waals surface area contributed by atoms with Crippen LogP contribution in [0.4, 0.5) is 0 Å². The van der Waals surface area contributed by atoms with Crippen LogP contribution in [0.1, 0.15) is 44.9 Å². The predicted octanol–water partition coefficient (Wildman–Crippen LogP) is 2.23. The van der Waals surface area contributed by atoms with Crippen LogP contribution in [-0.4, -0.2) is 12.5 Å². The Morgan fingerprint density at radius 1 is 1.38 bits per heavy atom. The van der Waals surface area contributed by atoms with Gasteiger partial charge in [0.15, 0.2) is 0 Å². The van der Waals surface area contributed by atoms with E-state index in [-0.39, 0.29) is 5.91 Å². The maximum Gasteiger partial charge on any atom is 0.220 e. The lowest BCUT2D eigenvalue weighted by Crippen LogP contribution is -2.28. The number of carbonyl (C=O) groups excluding carboxylic acids is 1. The molecule has 16 heavy (non-hydrogen) atoms. The number of fused-ring (bicyclic) bond motifs is 2. The van der Waals surface area contributed by atoms with E-state index in [4.69, 9.17) is 5.26 Å². The van der Waals surface area contributed by atoms with E-state index in [0.717, 1.165) is 18.3 Å². The molecule has 0 spiro atoms. The number of hydrogen-bond donors (Lipinski definition) is 1. The Kier molecular flexibility index (Phi) is 3.82. The quantitative estimate of drug-likeness (QED) is 0.722. The van der Waals surface area contributed by atoms with E-state index < -0.39 is 0 Å². The first kappa shape index (κ1) is 11.4. The highest BCUT2D eigenvalue weighted by molar-refractivity contribution is 5.76. The number of carbonyl (C=O) groups is 1. The van der Waals surface area contributed by atoms with Gasteiger partial charge < -0.3 is 5.32 Å². The number of nitrogens with zero attached hydrogens (tertiary/aromatic N) is 1. The Balaban J connectivity index is 1.62. The van der Waals surface area contributed by atoms with E-state index in [1.54, 1.807) is 0 Å². The van der Waals surface area contributed by atoms with Crippen molar-refractivity contribution in [2.24, 2.45) is 17.8 Å². The Labute approximate surface area is 97.2 Å². The van der Waals surface area contributed by atoms with E-state index in [9.17, 15) is 4.79 Å². The Hall–Kier alpha value is -1.04. The van der Waals surface area contributed by atoms with Gasteiger partial charge in [-0.25, -0.2) is 0 Å². The fourth-order valence-corrected chi connectivity index (χ4v) is 3.33. The monoisotopic (exact) mass is 220 g/mol. The zero-order valence-corrected chi connectivity index (χ0v) is 9.74. The fraction of sp³-hybridized carbons (Fsp3) is 0.846. The predicted molar refractivity (Wildman–Crippen MR) is 61.4 cm³/mol. The second kappa shape index (κ2) is 5.34. The molecule has 0 heterocycles. The lowest BCUT2D eigenvalue weighted by Gasteiger charge is -2.20. The van der Waals surface area contributed by atoms with E-state index >= 15 is 0 Å². The summed E-state index contributed by atoms with van der Waals surface area (Å²) in [6, 6.07) is 2.09. The van der Waals surface area contributed by atoms with Crippen LogP contribution in [0.25, 0.3) is 0 Å². The summed E-state index contributed by atoms with van der Waals surface area (Å²) in [6.07, 6.45) is 7.41. The van der Waals surface area contributed by atoms with Gasteiger partial charge in [0.05, 0.1) is 6.07 Å². The highest BCUT2D eigenvalue weighted by Gasteiger charge is 2.39. The Morgan fingerprint density at radius 2 is 2.25 bits per heavy atom. The van der Waals surface area contributed by atoms with Crippen molar-refractivity contribution < 1.29 is 4.79 Å². The third-order valence-corrected chi connectivity index (χ3v) is 4.12. The molecule has 0 aromatic rings. The van der Waals surface area contributed by atoms with Crippen molar-refractivity contribution >= 4 is 5.91 Å². The summed E-state index contributed by atoms with van der Waals surface area (Å²) in [5.74, 6) is 2.58. The standard InChI is InChI=1S/C13H20N2O/c14-5-1-2-6-15-13(16)9-12-8-10-3-4-11(12)7-10/h10-12H,1-4,6-9H2,(H,15,16).